The molecular weight excluding hydrogens is 645 g/mol. The largest absolute Gasteiger partial charge is 0.455 e. The zero-order valence-electron chi connectivity index (χ0n) is 27.4. The van der Waals surface area contributed by atoms with Crippen molar-refractivity contribution in [1.29, 1.82) is 0 Å². The second-order valence-corrected chi connectivity index (χ2v) is 14.4. The number of furan rings is 2. The summed E-state index contributed by atoms with van der Waals surface area (Å²) in [7, 11) is 0. The van der Waals surface area contributed by atoms with Crippen molar-refractivity contribution in [1.82, 2.24) is 10.6 Å². The summed E-state index contributed by atoms with van der Waals surface area (Å²) in [6.45, 7) is 0. The van der Waals surface area contributed by atoms with Crippen LogP contribution in [0.5, 0.6) is 0 Å². The second-order valence-electron chi connectivity index (χ2n) is 13.3. The van der Waals surface area contributed by atoms with Gasteiger partial charge in [0.15, 0.2) is 0 Å². The van der Waals surface area contributed by atoms with E-state index in [2.05, 4.69) is 156 Å². The topological polar surface area (TPSA) is 50.3 Å². The third kappa shape index (κ3) is 4.56. The van der Waals surface area contributed by atoms with Gasteiger partial charge in [-0.1, -0.05) is 121 Å². The van der Waals surface area contributed by atoms with Gasteiger partial charge in [0.2, 0.25) is 0 Å². The molecule has 2 atom stereocenters. The van der Waals surface area contributed by atoms with E-state index in [1.54, 1.807) is 0 Å². The van der Waals surface area contributed by atoms with Crippen LogP contribution in [0.25, 0.3) is 80.9 Å². The van der Waals surface area contributed by atoms with E-state index in [0.29, 0.717) is 0 Å². The molecule has 1 aliphatic rings. The van der Waals surface area contributed by atoms with Gasteiger partial charge in [-0.25, -0.2) is 0 Å². The molecule has 5 heteroatoms. The average Bonchev–Trinajstić information content (AvgIpc) is 3.89. The summed E-state index contributed by atoms with van der Waals surface area (Å²) < 4.78 is 15.8. The van der Waals surface area contributed by atoms with Crippen LogP contribution in [-0.4, -0.2) is 0 Å². The Morgan fingerprint density at radius 3 is 1.94 bits per heavy atom. The number of rotatable bonds is 4. The van der Waals surface area contributed by atoms with Crippen LogP contribution in [-0.2, 0) is 0 Å². The minimum absolute atomic E-state index is 0.0530. The van der Waals surface area contributed by atoms with Crippen LogP contribution >= 0.6 is 11.3 Å². The molecule has 2 N–H and O–H groups in total. The van der Waals surface area contributed by atoms with E-state index >= 15 is 0 Å². The maximum atomic E-state index is 6.79. The van der Waals surface area contributed by atoms with Crippen molar-refractivity contribution >= 4 is 81.1 Å². The third-order valence-electron chi connectivity index (χ3n) is 10.4. The number of thiophene rings is 1. The average molecular weight is 675 g/mol. The quantitative estimate of drug-likeness (QED) is 0.195. The molecule has 10 aromatic rings. The van der Waals surface area contributed by atoms with Crippen molar-refractivity contribution < 1.29 is 8.83 Å². The zero-order valence-corrected chi connectivity index (χ0v) is 28.2. The van der Waals surface area contributed by atoms with Gasteiger partial charge in [-0.3, -0.25) is 5.32 Å². The van der Waals surface area contributed by atoms with Crippen molar-refractivity contribution in [2.45, 2.75) is 12.2 Å². The molecule has 0 saturated carbocycles. The Bertz CT molecular complexity index is 3000. The molecule has 7 aromatic carbocycles. The van der Waals surface area contributed by atoms with E-state index in [1.165, 1.54) is 25.7 Å². The molecule has 0 spiro atoms. The molecule has 3 aromatic heterocycles. The van der Waals surface area contributed by atoms with Crippen molar-refractivity contribution in [2.75, 3.05) is 0 Å². The minimum atomic E-state index is -0.0967. The van der Waals surface area contributed by atoms with Crippen molar-refractivity contribution in [3.63, 3.8) is 0 Å². The Labute approximate surface area is 297 Å². The van der Waals surface area contributed by atoms with Gasteiger partial charge in [-0.15, -0.1) is 11.3 Å². The van der Waals surface area contributed by atoms with Crippen LogP contribution < -0.4 is 10.6 Å². The Balaban J connectivity index is 1.03. The predicted molar refractivity (Wildman–Crippen MR) is 212 cm³/mol. The molecule has 0 amide bonds. The summed E-state index contributed by atoms with van der Waals surface area (Å²) in [6, 6.07) is 53.7. The number of nitrogens with one attached hydrogen (secondary N) is 2. The van der Waals surface area contributed by atoms with E-state index in [0.717, 1.165) is 71.8 Å². The molecule has 0 aliphatic carbocycles. The van der Waals surface area contributed by atoms with E-state index < -0.39 is 0 Å². The van der Waals surface area contributed by atoms with Crippen molar-refractivity contribution in [3.8, 4) is 11.1 Å². The third-order valence-corrected chi connectivity index (χ3v) is 11.5. The predicted octanol–water partition coefficient (Wildman–Crippen LogP) is 12.5. The lowest BCUT2D eigenvalue weighted by Gasteiger charge is -2.33. The first-order chi connectivity index (χ1) is 25.2. The molecule has 0 saturated heterocycles. The summed E-state index contributed by atoms with van der Waals surface area (Å²) in [5, 5.41) is 14.8. The normalized spacial score (nSPS) is 16.4. The standard InChI is InChI=1S/C46H30N2O2S/c1-2-10-27(11-3-1)38-26-39(48-46(47-38)29-21-23-43-37(24-29)32-13-5-7-19-42(32)51-43)28-20-22-31-34-15-9-17-36(45(34)50-41(31)25-28)35-16-8-14-33-30-12-4-6-18-40(30)49-44(33)35/h1-26,39,46-48H. The molecule has 242 valence electrons. The van der Waals surface area contributed by atoms with Crippen LogP contribution in [0.3, 0.4) is 0 Å². The fourth-order valence-electron chi connectivity index (χ4n) is 7.91. The summed E-state index contributed by atoms with van der Waals surface area (Å²) in [6.07, 6.45) is 2.20. The molecule has 0 bridgehead atoms. The number of para-hydroxylation sites is 3. The molecule has 4 nitrogen and oxygen atoms in total. The highest BCUT2D eigenvalue weighted by Crippen LogP contribution is 2.42. The van der Waals surface area contributed by atoms with Gasteiger partial charge in [-0.05, 0) is 53.1 Å². The molecule has 2 unspecified atom stereocenters. The number of benzene rings is 7. The van der Waals surface area contributed by atoms with Gasteiger partial charge >= 0.3 is 0 Å². The molecule has 1 aliphatic heterocycles. The molecule has 4 heterocycles. The van der Waals surface area contributed by atoms with E-state index in [-0.39, 0.29) is 12.2 Å². The van der Waals surface area contributed by atoms with Gasteiger partial charge in [-0.2, -0.15) is 0 Å². The van der Waals surface area contributed by atoms with Crippen LogP contribution in [0, 0.1) is 0 Å². The summed E-state index contributed by atoms with van der Waals surface area (Å²) in [4.78, 5) is 0. The van der Waals surface area contributed by atoms with Crippen LogP contribution in [0.1, 0.15) is 28.9 Å². The highest BCUT2D eigenvalue weighted by atomic mass is 32.1. The Hall–Kier alpha value is -6.14. The van der Waals surface area contributed by atoms with E-state index in [1.807, 2.05) is 23.5 Å². The molecular formula is C46H30N2O2S. The fourth-order valence-corrected chi connectivity index (χ4v) is 9.00. The molecule has 11 rings (SSSR count). The number of fused-ring (bicyclic) bond motifs is 9. The second kappa shape index (κ2) is 11.2. The Morgan fingerprint density at radius 2 is 1.12 bits per heavy atom. The minimum Gasteiger partial charge on any atom is -0.455 e. The van der Waals surface area contributed by atoms with Gasteiger partial charge in [0.1, 0.15) is 28.5 Å². The summed E-state index contributed by atoms with van der Waals surface area (Å²) >= 11 is 1.85. The lowest BCUT2D eigenvalue weighted by Crippen LogP contribution is -2.39. The first-order valence-corrected chi connectivity index (χ1v) is 18.1. The summed E-state index contributed by atoms with van der Waals surface area (Å²) in [5.74, 6) is 0. The highest BCUT2D eigenvalue weighted by molar-refractivity contribution is 7.25. The summed E-state index contributed by atoms with van der Waals surface area (Å²) in [5.41, 5.74) is 10.2. The molecule has 51 heavy (non-hydrogen) atoms. The van der Waals surface area contributed by atoms with Gasteiger partial charge in [0, 0.05) is 58.5 Å². The molecule has 0 radical (unpaired) electrons. The van der Waals surface area contributed by atoms with Gasteiger partial charge in [0.25, 0.3) is 0 Å². The fraction of sp³-hybridized carbons (Fsp3) is 0.0435. The van der Waals surface area contributed by atoms with Crippen molar-refractivity contribution in [3.05, 3.63) is 174 Å². The lowest BCUT2D eigenvalue weighted by molar-refractivity contribution is 0.443. The molecule has 0 fully saturated rings. The Morgan fingerprint density at radius 1 is 0.471 bits per heavy atom. The van der Waals surface area contributed by atoms with Crippen LogP contribution in [0.4, 0.5) is 0 Å². The SMILES string of the molecule is C1=C(c2ccccc2)NC(c2ccc3sc4ccccc4c3c2)NC1c1ccc2c(c1)oc1c(-c3cccc4c3oc3ccccc34)cccc12. The Kier molecular flexibility index (Phi) is 6.29. The maximum absolute atomic E-state index is 6.79. The number of hydrogen-bond acceptors (Lipinski definition) is 5. The van der Waals surface area contributed by atoms with Crippen LogP contribution in [0.15, 0.2) is 167 Å². The van der Waals surface area contributed by atoms with Gasteiger partial charge < -0.3 is 14.2 Å². The smallest absolute Gasteiger partial charge is 0.143 e. The van der Waals surface area contributed by atoms with E-state index in [4.69, 9.17) is 8.83 Å². The maximum Gasteiger partial charge on any atom is 0.143 e. The van der Waals surface area contributed by atoms with Crippen LogP contribution in [0.2, 0.25) is 0 Å². The zero-order chi connectivity index (χ0) is 33.5. The highest BCUT2D eigenvalue weighted by Gasteiger charge is 2.26. The van der Waals surface area contributed by atoms with E-state index in [9.17, 15) is 0 Å². The first kappa shape index (κ1) is 28.7. The number of hydrogen-bond donors (Lipinski definition) is 2. The monoisotopic (exact) mass is 674 g/mol. The lowest BCUT2D eigenvalue weighted by atomic mass is 9.96. The van der Waals surface area contributed by atoms with Crippen molar-refractivity contribution in [2.24, 2.45) is 0 Å². The van der Waals surface area contributed by atoms with Gasteiger partial charge in [0.05, 0.1) is 6.04 Å². The first-order valence-electron chi connectivity index (χ1n) is 17.3.